The van der Waals surface area contributed by atoms with Gasteiger partial charge in [0.2, 0.25) is 5.91 Å². The maximum atomic E-state index is 11.7. The van der Waals surface area contributed by atoms with Crippen LogP contribution in [0.2, 0.25) is 0 Å². The number of hydrogen-bond acceptors (Lipinski definition) is 3. The van der Waals surface area contributed by atoms with Crippen LogP contribution in [-0.2, 0) is 4.79 Å². The van der Waals surface area contributed by atoms with Crippen molar-refractivity contribution in [3.05, 3.63) is 35.9 Å². The summed E-state index contributed by atoms with van der Waals surface area (Å²) in [7, 11) is 0. The Labute approximate surface area is 119 Å². The highest BCUT2D eigenvalue weighted by Crippen LogP contribution is 1.98. The quantitative estimate of drug-likeness (QED) is 0.698. The van der Waals surface area contributed by atoms with Gasteiger partial charge in [-0.1, -0.05) is 18.2 Å². The molecule has 0 aliphatic rings. The molecule has 5 nitrogen and oxygen atoms in total. The molecule has 20 heavy (non-hydrogen) atoms. The van der Waals surface area contributed by atoms with Crippen LogP contribution in [0.15, 0.2) is 30.3 Å². The molecule has 1 aromatic rings. The standard InChI is InChI=1S/C15H22N2O3/c1-11(10-12(2)18)17-14(19)8-9-16-15(20)13-6-4-3-5-7-13/h3-7,11-12,18H,8-10H2,1-2H3,(H,16,20)(H,17,19). The maximum Gasteiger partial charge on any atom is 0.251 e. The number of aliphatic hydroxyl groups excluding tert-OH is 1. The summed E-state index contributed by atoms with van der Waals surface area (Å²) in [5, 5.41) is 14.7. The molecule has 1 aromatic carbocycles. The minimum Gasteiger partial charge on any atom is -0.393 e. The highest BCUT2D eigenvalue weighted by atomic mass is 16.3. The van der Waals surface area contributed by atoms with Gasteiger partial charge in [-0.2, -0.15) is 0 Å². The largest absolute Gasteiger partial charge is 0.393 e. The number of carbonyl (C=O) groups is 2. The molecule has 1 rings (SSSR count). The number of hydrogen-bond donors (Lipinski definition) is 3. The van der Waals surface area contributed by atoms with Crippen LogP contribution in [0.5, 0.6) is 0 Å². The lowest BCUT2D eigenvalue weighted by molar-refractivity contribution is -0.121. The van der Waals surface area contributed by atoms with E-state index in [1.54, 1.807) is 31.2 Å². The minimum atomic E-state index is -0.442. The molecule has 0 bridgehead atoms. The Balaban J connectivity index is 2.24. The third kappa shape index (κ3) is 6.33. The Hall–Kier alpha value is -1.88. The molecule has 0 aliphatic heterocycles. The second-order valence-electron chi connectivity index (χ2n) is 4.93. The van der Waals surface area contributed by atoms with Crippen LogP contribution >= 0.6 is 0 Å². The SMILES string of the molecule is CC(O)CC(C)NC(=O)CCNC(=O)c1ccccc1. The smallest absolute Gasteiger partial charge is 0.251 e. The topological polar surface area (TPSA) is 78.4 Å². The van der Waals surface area contributed by atoms with E-state index >= 15 is 0 Å². The summed E-state index contributed by atoms with van der Waals surface area (Å²) in [5.41, 5.74) is 0.579. The zero-order chi connectivity index (χ0) is 15.0. The fourth-order valence-electron chi connectivity index (χ4n) is 1.90. The van der Waals surface area contributed by atoms with Crippen molar-refractivity contribution in [2.24, 2.45) is 0 Å². The summed E-state index contributed by atoms with van der Waals surface area (Å²) in [5.74, 6) is -0.318. The van der Waals surface area contributed by atoms with Crippen LogP contribution in [0.1, 0.15) is 37.0 Å². The van der Waals surface area contributed by atoms with Gasteiger partial charge in [-0.25, -0.2) is 0 Å². The van der Waals surface area contributed by atoms with Crippen molar-refractivity contribution in [3.63, 3.8) is 0 Å². The lowest BCUT2D eigenvalue weighted by Gasteiger charge is -2.15. The zero-order valence-electron chi connectivity index (χ0n) is 11.9. The van der Waals surface area contributed by atoms with E-state index in [-0.39, 0.29) is 24.3 Å². The van der Waals surface area contributed by atoms with Crippen molar-refractivity contribution in [1.29, 1.82) is 0 Å². The van der Waals surface area contributed by atoms with Crippen molar-refractivity contribution in [1.82, 2.24) is 10.6 Å². The first-order valence-corrected chi connectivity index (χ1v) is 6.79. The van der Waals surface area contributed by atoms with Crippen LogP contribution < -0.4 is 10.6 Å². The second-order valence-corrected chi connectivity index (χ2v) is 4.93. The highest BCUT2D eigenvalue weighted by Gasteiger charge is 2.10. The highest BCUT2D eigenvalue weighted by molar-refractivity contribution is 5.94. The molecule has 2 atom stereocenters. The fourth-order valence-corrected chi connectivity index (χ4v) is 1.90. The van der Waals surface area contributed by atoms with Gasteiger partial charge in [0.1, 0.15) is 0 Å². The normalized spacial score (nSPS) is 13.3. The number of aliphatic hydroxyl groups is 1. The van der Waals surface area contributed by atoms with E-state index < -0.39 is 6.10 Å². The number of nitrogens with one attached hydrogen (secondary N) is 2. The van der Waals surface area contributed by atoms with Crippen molar-refractivity contribution < 1.29 is 14.7 Å². The molecule has 0 heterocycles. The van der Waals surface area contributed by atoms with Gasteiger partial charge in [0.15, 0.2) is 0 Å². The van der Waals surface area contributed by atoms with Gasteiger partial charge in [-0.3, -0.25) is 9.59 Å². The van der Waals surface area contributed by atoms with Crippen molar-refractivity contribution in [2.75, 3.05) is 6.54 Å². The van der Waals surface area contributed by atoms with Gasteiger partial charge in [-0.05, 0) is 32.4 Å². The Kier molecular flexibility index (Phi) is 6.73. The predicted molar refractivity (Wildman–Crippen MR) is 77.3 cm³/mol. The minimum absolute atomic E-state index is 0.0766. The zero-order valence-corrected chi connectivity index (χ0v) is 11.9. The molecular formula is C15H22N2O3. The molecule has 0 saturated heterocycles. The van der Waals surface area contributed by atoms with Crippen LogP contribution in [0, 0.1) is 0 Å². The van der Waals surface area contributed by atoms with Crippen LogP contribution in [0.3, 0.4) is 0 Å². The molecule has 0 saturated carbocycles. The van der Waals surface area contributed by atoms with E-state index in [9.17, 15) is 14.7 Å². The number of carbonyl (C=O) groups excluding carboxylic acids is 2. The van der Waals surface area contributed by atoms with E-state index in [0.29, 0.717) is 18.5 Å². The van der Waals surface area contributed by atoms with E-state index in [2.05, 4.69) is 10.6 Å². The Morgan fingerprint density at radius 1 is 1.20 bits per heavy atom. The summed E-state index contributed by atoms with van der Waals surface area (Å²) < 4.78 is 0. The molecule has 5 heteroatoms. The molecule has 0 aliphatic carbocycles. The van der Waals surface area contributed by atoms with Crippen molar-refractivity contribution in [3.8, 4) is 0 Å². The van der Waals surface area contributed by atoms with Gasteiger partial charge in [0.05, 0.1) is 6.10 Å². The maximum absolute atomic E-state index is 11.7. The summed E-state index contributed by atoms with van der Waals surface area (Å²) in [6.07, 6.45) is 0.299. The van der Waals surface area contributed by atoms with Crippen LogP contribution in [0.25, 0.3) is 0 Å². The van der Waals surface area contributed by atoms with Gasteiger partial charge >= 0.3 is 0 Å². The summed E-state index contributed by atoms with van der Waals surface area (Å²) in [6.45, 7) is 3.82. The summed E-state index contributed by atoms with van der Waals surface area (Å²) in [6, 6.07) is 8.79. The summed E-state index contributed by atoms with van der Waals surface area (Å²) in [4.78, 5) is 23.3. The lowest BCUT2D eigenvalue weighted by atomic mass is 10.1. The fraction of sp³-hybridized carbons (Fsp3) is 0.467. The molecule has 0 radical (unpaired) electrons. The lowest BCUT2D eigenvalue weighted by Crippen LogP contribution is -2.37. The Bertz CT molecular complexity index is 432. The molecule has 3 N–H and O–H groups in total. The monoisotopic (exact) mass is 278 g/mol. The van der Waals surface area contributed by atoms with Crippen LogP contribution in [-0.4, -0.2) is 35.6 Å². The van der Waals surface area contributed by atoms with Crippen molar-refractivity contribution in [2.45, 2.75) is 38.8 Å². The second kappa shape index (κ2) is 8.32. The Morgan fingerprint density at radius 3 is 2.45 bits per heavy atom. The predicted octanol–water partition coefficient (Wildman–Crippen LogP) is 1.08. The number of amides is 2. The Morgan fingerprint density at radius 2 is 1.85 bits per heavy atom. The first kappa shape index (κ1) is 16.2. The molecule has 2 unspecified atom stereocenters. The molecule has 0 spiro atoms. The first-order chi connectivity index (χ1) is 9.49. The average molecular weight is 278 g/mol. The average Bonchev–Trinajstić information content (AvgIpc) is 2.38. The molecule has 0 aromatic heterocycles. The molecule has 2 amide bonds. The third-order valence-corrected chi connectivity index (χ3v) is 2.78. The number of rotatable bonds is 7. The molecule has 110 valence electrons. The molecule has 0 fully saturated rings. The van der Waals surface area contributed by atoms with Crippen LogP contribution in [0.4, 0.5) is 0 Å². The van der Waals surface area contributed by atoms with E-state index in [0.717, 1.165) is 0 Å². The molecular weight excluding hydrogens is 256 g/mol. The van der Waals surface area contributed by atoms with E-state index in [4.69, 9.17) is 0 Å². The van der Waals surface area contributed by atoms with Gasteiger partial charge < -0.3 is 15.7 Å². The number of benzene rings is 1. The van der Waals surface area contributed by atoms with E-state index in [1.807, 2.05) is 13.0 Å². The first-order valence-electron chi connectivity index (χ1n) is 6.79. The van der Waals surface area contributed by atoms with Crippen molar-refractivity contribution >= 4 is 11.8 Å². The summed E-state index contributed by atoms with van der Waals surface area (Å²) >= 11 is 0. The van der Waals surface area contributed by atoms with E-state index in [1.165, 1.54) is 0 Å². The third-order valence-electron chi connectivity index (χ3n) is 2.78. The van der Waals surface area contributed by atoms with Gasteiger partial charge in [0, 0.05) is 24.6 Å². The van der Waals surface area contributed by atoms with Gasteiger partial charge in [-0.15, -0.1) is 0 Å². The van der Waals surface area contributed by atoms with Gasteiger partial charge in [0.25, 0.3) is 5.91 Å².